The lowest BCUT2D eigenvalue weighted by Gasteiger charge is -2.20. The van der Waals surface area contributed by atoms with Gasteiger partial charge in [-0.25, -0.2) is 0 Å². The van der Waals surface area contributed by atoms with Crippen LogP contribution in [0.4, 0.5) is 0 Å². The Balaban J connectivity index is 2.14. The van der Waals surface area contributed by atoms with Gasteiger partial charge in [0.15, 0.2) is 0 Å². The summed E-state index contributed by atoms with van der Waals surface area (Å²) in [6, 6.07) is 10.6. The smallest absolute Gasteiger partial charge is 0.00438 e. The topological polar surface area (TPSA) is 0 Å². The average Bonchev–Trinajstić information content (AvgIpc) is 2.48. The maximum Gasteiger partial charge on any atom is 0.00438 e. The molecule has 2 rings (SSSR count). The van der Waals surface area contributed by atoms with E-state index in [9.17, 15) is 0 Å². The predicted molar refractivity (Wildman–Crippen MR) is 61.2 cm³/mol. The van der Waals surface area contributed by atoms with Gasteiger partial charge in [0.05, 0.1) is 0 Å². The molecule has 0 saturated heterocycles. The van der Waals surface area contributed by atoms with Crippen molar-refractivity contribution in [1.29, 1.82) is 0 Å². The predicted octanol–water partition coefficient (Wildman–Crippen LogP) is 3.75. The largest absolute Gasteiger partial charge is 0.0748 e. The number of hydrogen-bond acceptors (Lipinski definition) is 0. The molecule has 1 aliphatic carbocycles. The highest BCUT2D eigenvalue weighted by atomic mass is 14.3. The standard InChI is InChI=1S/C14H16/c1-14(2)10-6-9-13(14)11-12-7-4-3-5-8-12/h3-10H,11H2,1-2H3. The Morgan fingerprint density at radius 1 is 1.07 bits per heavy atom. The molecule has 0 aromatic heterocycles. The van der Waals surface area contributed by atoms with Gasteiger partial charge in [0.25, 0.3) is 0 Å². The normalized spacial score (nSPS) is 18.3. The van der Waals surface area contributed by atoms with E-state index in [-0.39, 0.29) is 5.41 Å². The Labute approximate surface area is 86.0 Å². The van der Waals surface area contributed by atoms with E-state index in [1.165, 1.54) is 11.1 Å². The first-order valence-corrected chi connectivity index (χ1v) is 5.11. The zero-order chi connectivity index (χ0) is 10.0. The summed E-state index contributed by atoms with van der Waals surface area (Å²) in [5, 5.41) is 0. The minimum Gasteiger partial charge on any atom is -0.0748 e. The van der Waals surface area contributed by atoms with Gasteiger partial charge in [-0.1, -0.05) is 68.0 Å². The summed E-state index contributed by atoms with van der Waals surface area (Å²) in [6.07, 6.45) is 7.75. The molecule has 0 fully saturated rings. The third-order valence-electron chi connectivity index (χ3n) is 2.88. The summed E-state index contributed by atoms with van der Waals surface area (Å²) in [5.41, 5.74) is 3.15. The van der Waals surface area contributed by atoms with Crippen LogP contribution in [0.3, 0.4) is 0 Å². The molecule has 0 aliphatic heterocycles. The zero-order valence-electron chi connectivity index (χ0n) is 8.83. The van der Waals surface area contributed by atoms with Crippen LogP contribution in [0, 0.1) is 5.41 Å². The summed E-state index contributed by atoms with van der Waals surface area (Å²) >= 11 is 0. The van der Waals surface area contributed by atoms with Gasteiger partial charge in [0.2, 0.25) is 0 Å². The van der Waals surface area contributed by atoms with Crippen LogP contribution < -0.4 is 0 Å². The fraction of sp³-hybridized carbons (Fsp3) is 0.286. The number of allylic oxidation sites excluding steroid dienone is 4. The molecule has 1 aliphatic rings. The van der Waals surface area contributed by atoms with Gasteiger partial charge in [-0.3, -0.25) is 0 Å². The fourth-order valence-corrected chi connectivity index (χ4v) is 1.83. The SMILES string of the molecule is CC1(C)C=CC=C1Cc1ccccc1. The Kier molecular flexibility index (Phi) is 2.28. The van der Waals surface area contributed by atoms with Gasteiger partial charge >= 0.3 is 0 Å². The lowest BCUT2D eigenvalue weighted by atomic mass is 9.84. The fourth-order valence-electron chi connectivity index (χ4n) is 1.83. The lowest BCUT2D eigenvalue weighted by molar-refractivity contribution is 0.575. The van der Waals surface area contributed by atoms with Gasteiger partial charge < -0.3 is 0 Å². The molecule has 0 atom stereocenters. The second-order valence-electron chi connectivity index (χ2n) is 4.44. The molecule has 72 valence electrons. The van der Waals surface area contributed by atoms with Gasteiger partial charge in [0.1, 0.15) is 0 Å². The molecular weight excluding hydrogens is 168 g/mol. The quantitative estimate of drug-likeness (QED) is 0.656. The van der Waals surface area contributed by atoms with Crippen LogP contribution >= 0.6 is 0 Å². The summed E-state index contributed by atoms with van der Waals surface area (Å²) < 4.78 is 0. The monoisotopic (exact) mass is 184 g/mol. The second kappa shape index (κ2) is 3.45. The summed E-state index contributed by atoms with van der Waals surface area (Å²) in [7, 11) is 0. The minimum absolute atomic E-state index is 0.246. The van der Waals surface area contributed by atoms with Crippen LogP contribution in [0.25, 0.3) is 0 Å². The Morgan fingerprint density at radius 3 is 2.36 bits per heavy atom. The van der Waals surface area contributed by atoms with E-state index in [1.807, 2.05) is 0 Å². The van der Waals surface area contributed by atoms with E-state index in [0.29, 0.717) is 0 Å². The van der Waals surface area contributed by atoms with Crippen molar-refractivity contribution in [2.24, 2.45) is 5.41 Å². The molecule has 0 heteroatoms. The molecule has 0 radical (unpaired) electrons. The highest BCUT2D eigenvalue weighted by Crippen LogP contribution is 2.34. The van der Waals surface area contributed by atoms with Crippen LogP contribution in [0.1, 0.15) is 19.4 Å². The average molecular weight is 184 g/mol. The van der Waals surface area contributed by atoms with Gasteiger partial charge in [-0.05, 0) is 12.0 Å². The molecule has 1 aromatic carbocycles. The van der Waals surface area contributed by atoms with Crippen molar-refractivity contribution in [3.63, 3.8) is 0 Å². The molecular formula is C14H16. The first kappa shape index (κ1) is 9.26. The van der Waals surface area contributed by atoms with Crippen molar-refractivity contribution >= 4 is 0 Å². The van der Waals surface area contributed by atoms with Crippen LogP contribution in [-0.4, -0.2) is 0 Å². The maximum atomic E-state index is 2.27. The molecule has 0 bridgehead atoms. The van der Waals surface area contributed by atoms with E-state index >= 15 is 0 Å². The van der Waals surface area contributed by atoms with Crippen molar-refractivity contribution in [3.05, 3.63) is 59.7 Å². The van der Waals surface area contributed by atoms with Crippen LogP contribution in [0.2, 0.25) is 0 Å². The molecule has 0 N–H and O–H groups in total. The number of rotatable bonds is 2. The van der Waals surface area contributed by atoms with Crippen LogP contribution in [-0.2, 0) is 6.42 Å². The maximum absolute atomic E-state index is 2.27. The summed E-state index contributed by atoms with van der Waals surface area (Å²) in [4.78, 5) is 0. The van der Waals surface area contributed by atoms with E-state index in [0.717, 1.165) is 6.42 Å². The van der Waals surface area contributed by atoms with E-state index in [1.54, 1.807) is 0 Å². The number of benzene rings is 1. The van der Waals surface area contributed by atoms with Crippen molar-refractivity contribution in [1.82, 2.24) is 0 Å². The Bertz CT molecular complexity index is 366. The second-order valence-corrected chi connectivity index (χ2v) is 4.44. The minimum atomic E-state index is 0.246. The summed E-state index contributed by atoms with van der Waals surface area (Å²) in [5.74, 6) is 0. The third kappa shape index (κ3) is 1.79. The lowest BCUT2D eigenvalue weighted by Crippen LogP contribution is -2.10. The highest BCUT2D eigenvalue weighted by molar-refractivity contribution is 5.36. The molecule has 0 spiro atoms. The van der Waals surface area contributed by atoms with E-state index in [2.05, 4.69) is 62.4 Å². The van der Waals surface area contributed by atoms with E-state index in [4.69, 9.17) is 0 Å². The number of hydrogen-bond donors (Lipinski definition) is 0. The molecule has 0 nitrogen and oxygen atoms in total. The molecule has 0 saturated carbocycles. The van der Waals surface area contributed by atoms with Crippen LogP contribution in [0.15, 0.2) is 54.1 Å². The van der Waals surface area contributed by atoms with Gasteiger partial charge in [0, 0.05) is 5.41 Å². The molecule has 0 heterocycles. The van der Waals surface area contributed by atoms with Crippen LogP contribution in [0.5, 0.6) is 0 Å². The van der Waals surface area contributed by atoms with Gasteiger partial charge in [-0.2, -0.15) is 0 Å². The van der Waals surface area contributed by atoms with Gasteiger partial charge in [-0.15, -0.1) is 0 Å². The van der Waals surface area contributed by atoms with E-state index < -0.39 is 0 Å². The van der Waals surface area contributed by atoms with Crippen molar-refractivity contribution in [3.8, 4) is 0 Å². The summed E-state index contributed by atoms with van der Waals surface area (Å²) in [6.45, 7) is 4.54. The molecule has 0 unspecified atom stereocenters. The molecule has 1 aromatic rings. The zero-order valence-corrected chi connectivity index (χ0v) is 8.83. The first-order chi connectivity index (χ1) is 6.68. The van der Waals surface area contributed by atoms with Crippen molar-refractivity contribution in [2.45, 2.75) is 20.3 Å². The third-order valence-corrected chi connectivity index (χ3v) is 2.88. The Morgan fingerprint density at radius 2 is 1.79 bits per heavy atom. The van der Waals surface area contributed by atoms with Crippen molar-refractivity contribution in [2.75, 3.05) is 0 Å². The first-order valence-electron chi connectivity index (χ1n) is 5.11. The highest BCUT2D eigenvalue weighted by Gasteiger charge is 2.22. The molecule has 0 amide bonds. The molecule has 14 heavy (non-hydrogen) atoms. The Hall–Kier alpha value is -1.30. The van der Waals surface area contributed by atoms with Crippen molar-refractivity contribution < 1.29 is 0 Å².